The van der Waals surface area contributed by atoms with Crippen molar-refractivity contribution in [1.82, 2.24) is 10.6 Å². The number of hydrogen-bond donors (Lipinski definition) is 2. The molecule has 4 heteroatoms. The van der Waals surface area contributed by atoms with Crippen LogP contribution in [0.2, 0.25) is 0 Å². The molecule has 0 aromatic heterocycles. The normalized spacial score (nSPS) is 28.5. The van der Waals surface area contributed by atoms with Crippen LogP contribution in [0.4, 0.5) is 0 Å². The predicted octanol–water partition coefficient (Wildman–Crippen LogP) is 0.569. The van der Waals surface area contributed by atoms with Crippen LogP contribution in [0.5, 0.6) is 0 Å². The molecule has 16 heavy (non-hydrogen) atoms. The van der Waals surface area contributed by atoms with Crippen LogP contribution in [0.1, 0.15) is 12.8 Å². The first-order chi connectivity index (χ1) is 7.76. The zero-order valence-electron chi connectivity index (χ0n) is 9.69. The largest absolute Gasteiger partial charge is 0.391 e. The van der Waals surface area contributed by atoms with Gasteiger partial charge in [-0.15, -0.1) is 0 Å². The highest BCUT2D eigenvalue weighted by Crippen LogP contribution is 2.30. The van der Waals surface area contributed by atoms with Gasteiger partial charge < -0.3 is 15.4 Å². The number of hydrogen-bond acceptors (Lipinski definition) is 3. The number of allylic oxidation sites excluding steroid dienone is 2. The van der Waals surface area contributed by atoms with Crippen LogP contribution in [0.15, 0.2) is 23.9 Å². The first kappa shape index (κ1) is 11.2. The van der Waals surface area contributed by atoms with E-state index in [4.69, 9.17) is 4.74 Å². The second-order valence-corrected chi connectivity index (χ2v) is 4.15. The molecular weight excluding hydrogens is 204 g/mol. The van der Waals surface area contributed by atoms with Crippen molar-refractivity contribution < 1.29 is 9.53 Å². The quantitative estimate of drug-likeness (QED) is 0.731. The van der Waals surface area contributed by atoms with Gasteiger partial charge in [-0.05, 0) is 18.9 Å². The first-order valence-corrected chi connectivity index (χ1v) is 5.69. The Morgan fingerprint density at radius 3 is 2.75 bits per heavy atom. The molecule has 0 saturated heterocycles. The third-order valence-electron chi connectivity index (χ3n) is 2.93. The van der Waals surface area contributed by atoms with Gasteiger partial charge in [-0.25, -0.2) is 0 Å². The third-order valence-corrected chi connectivity index (χ3v) is 2.93. The molecule has 0 aromatic carbocycles. The molecule has 0 aliphatic heterocycles. The van der Waals surface area contributed by atoms with E-state index in [0.29, 0.717) is 6.10 Å². The summed E-state index contributed by atoms with van der Waals surface area (Å²) in [6, 6.07) is 0. The Balaban J connectivity index is 2.12. The standard InChI is InChI=1S/C12H18N2O2/c1-13-9-4-3-5-10(16-8-6-7-8)11(9)12(15)14-2/h3-5,8,10-11,13H,6-7H2,1-2H3,(H,14,15). The minimum atomic E-state index is -0.249. The lowest BCUT2D eigenvalue weighted by molar-refractivity contribution is -0.127. The van der Waals surface area contributed by atoms with E-state index in [1.54, 1.807) is 7.05 Å². The van der Waals surface area contributed by atoms with E-state index in [-0.39, 0.29) is 17.9 Å². The van der Waals surface area contributed by atoms with Crippen molar-refractivity contribution >= 4 is 5.91 Å². The molecule has 0 radical (unpaired) electrons. The van der Waals surface area contributed by atoms with Gasteiger partial charge in [0.15, 0.2) is 0 Å². The zero-order chi connectivity index (χ0) is 11.5. The number of amides is 1. The molecule has 88 valence electrons. The lowest BCUT2D eigenvalue weighted by Gasteiger charge is -2.28. The van der Waals surface area contributed by atoms with Gasteiger partial charge in [0.1, 0.15) is 5.92 Å². The molecule has 2 aliphatic rings. The highest BCUT2D eigenvalue weighted by Gasteiger charge is 2.35. The van der Waals surface area contributed by atoms with Crippen molar-refractivity contribution in [3.8, 4) is 0 Å². The lowest BCUT2D eigenvalue weighted by atomic mass is 9.92. The van der Waals surface area contributed by atoms with E-state index < -0.39 is 0 Å². The molecular formula is C12H18N2O2. The Morgan fingerprint density at radius 2 is 2.19 bits per heavy atom. The van der Waals surface area contributed by atoms with Gasteiger partial charge in [-0.3, -0.25) is 4.79 Å². The van der Waals surface area contributed by atoms with Crippen LogP contribution in [0.25, 0.3) is 0 Å². The number of carbonyl (C=O) groups is 1. The average Bonchev–Trinajstić information content (AvgIpc) is 3.11. The summed E-state index contributed by atoms with van der Waals surface area (Å²) < 4.78 is 5.84. The minimum Gasteiger partial charge on any atom is -0.391 e. The lowest BCUT2D eigenvalue weighted by Crippen LogP contribution is -2.41. The first-order valence-electron chi connectivity index (χ1n) is 5.69. The topological polar surface area (TPSA) is 50.4 Å². The van der Waals surface area contributed by atoms with Crippen LogP contribution in [0.3, 0.4) is 0 Å². The van der Waals surface area contributed by atoms with E-state index in [0.717, 1.165) is 18.5 Å². The van der Waals surface area contributed by atoms with E-state index in [1.807, 2.05) is 25.3 Å². The molecule has 0 spiro atoms. The summed E-state index contributed by atoms with van der Waals surface area (Å²) in [6.45, 7) is 0. The van der Waals surface area contributed by atoms with Crippen molar-refractivity contribution in [3.63, 3.8) is 0 Å². The van der Waals surface area contributed by atoms with Gasteiger partial charge in [-0.1, -0.05) is 12.2 Å². The fourth-order valence-corrected chi connectivity index (χ4v) is 1.90. The van der Waals surface area contributed by atoms with Crippen molar-refractivity contribution in [1.29, 1.82) is 0 Å². The number of nitrogens with one attached hydrogen (secondary N) is 2. The van der Waals surface area contributed by atoms with E-state index in [2.05, 4.69) is 10.6 Å². The van der Waals surface area contributed by atoms with E-state index in [9.17, 15) is 4.79 Å². The minimum absolute atomic E-state index is 0.00407. The van der Waals surface area contributed by atoms with Crippen molar-refractivity contribution in [2.24, 2.45) is 5.92 Å². The van der Waals surface area contributed by atoms with E-state index in [1.165, 1.54) is 0 Å². The fourth-order valence-electron chi connectivity index (χ4n) is 1.90. The Morgan fingerprint density at radius 1 is 1.44 bits per heavy atom. The number of ether oxygens (including phenoxy) is 1. The number of carbonyl (C=O) groups excluding carboxylic acids is 1. The molecule has 0 bridgehead atoms. The van der Waals surface area contributed by atoms with Gasteiger partial charge in [0.2, 0.25) is 5.91 Å². The molecule has 4 nitrogen and oxygen atoms in total. The van der Waals surface area contributed by atoms with Gasteiger partial charge >= 0.3 is 0 Å². The summed E-state index contributed by atoms with van der Waals surface area (Å²) in [5, 5.41) is 5.75. The van der Waals surface area contributed by atoms with Gasteiger partial charge in [0.25, 0.3) is 0 Å². The maximum atomic E-state index is 11.8. The summed E-state index contributed by atoms with van der Waals surface area (Å²) in [7, 11) is 3.48. The summed E-state index contributed by atoms with van der Waals surface area (Å²) >= 11 is 0. The molecule has 2 atom stereocenters. The van der Waals surface area contributed by atoms with Gasteiger partial charge in [0.05, 0.1) is 12.2 Å². The molecule has 2 rings (SSSR count). The molecule has 2 unspecified atom stereocenters. The highest BCUT2D eigenvalue weighted by atomic mass is 16.5. The van der Waals surface area contributed by atoms with Crippen molar-refractivity contribution in [2.45, 2.75) is 25.0 Å². The Bertz CT molecular complexity index is 332. The zero-order valence-corrected chi connectivity index (χ0v) is 9.69. The molecule has 0 heterocycles. The molecule has 1 saturated carbocycles. The smallest absolute Gasteiger partial charge is 0.231 e. The Kier molecular flexibility index (Phi) is 3.29. The molecule has 1 fully saturated rings. The van der Waals surface area contributed by atoms with Crippen LogP contribution < -0.4 is 10.6 Å². The Labute approximate surface area is 95.7 Å². The molecule has 2 N–H and O–H groups in total. The van der Waals surface area contributed by atoms with Crippen LogP contribution in [-0.4, -0.2) is 32.2 Å². The maximum absolute atomic E-state index is 11.8. The molecule has 2 aliphatic carbocycles. The summed E-state index contributed by atoms with van der Waals surface area (Å²) in [5.41, 5.74) is 0.910. The number of rotatable bonds is 4. The summed E-state index contributed by atoms with van der Waals surface area (Å²) in [6.07, 6.45) is 8.26. The average molecular weight is 222 g/mol. The summed E-state index contributed by atoms with van der Waals surface area (Å²) in [5.74, 6) is -0.254. The second kappa shape index (κ2) is 4.70. The van der Waals surface area contributed by atoms with Gasteiger partial charge in [0, 0.05) is 19.8 Å². The Hall–Kier alpha value is -1.29. The molecule has 0 aromatic rings. The van der Waals surface area contributed by atoms with Crippen molar-refractivity contribution in [2.75, 3.05) is 14.1 Å². The predicted molar refractivity (Wildman–Crippen MR) is 61.7 cm³/mol. The van der Waals surface area contributed by atoms with Crippen LogP contribution in [0, 0.1) is 5.92 Å². The van der Waals surface area contributed by atoms with E-state index >= 15 is 0 Å². The highest BCUT2D eigenvalue weighted by molar-refractivity contribution is 5.82. The monoisotopic (exact) mass is 222 g/mol. The molecule has 1 amide bonds. The fraction of sp³-hybridized carbons (Fsp3) is 0.583. The van der Waals surface area contributed by atoms with Gasteiger partial charge in [-0.2, -0.15) is 0 Å². The van der Waals surface area contributed by atoms with Crippen LogP contribution >= 0.6 is 0 Å². The second-order valence-electron chi connectivity index (χ2n) is 4.15. The maximum Gasteiger partial charge on any atom is 0.231 e. The third kappa shape index (κ3) is 2.27. The van der Waals surface area contributed by atoms with Crippen LogP contribution in [-0.2, 0) is 9.53 Å². The van der Waals surface area contributed by atoms with Crippen molar-refractivity contribution in [3.05, 3.63) is 23.9 Å². The summed E-state index contributed by atoms with van der Waals surface area (Å²) in [4.78, 5) is 11.8. The SMILES string of the molecule is CNC(=O)C1C(NC)=CC=CC1OC1CC1.